The number of rotatable bonds is 6. The number of hydrogen-bond donors (Lipinski definition) is 2. The molecular formula is C16H19N3O. The maximum atomic E-state index is 5.27. The summed E-state index contributed by atoms with van der Waals surface area (Å²) in [5.74, 6) is 1.99. The molecule has 0 amide bonds. The molecule has 0 bridgehead atoms. The van der Waals surface area contributed by atoms with Gasteiger partial charge in [-0.2, -0.15) is 0 Å². The van der Waals surface area contributed by atoms with Crippen molar-refractivity contribution in [3.63, 3.8) is 0 Å². The minimum absolute atomic E-state index is 0.757. The summed E-state index contributed by atoms with van der Waals surface area (Å²) >= 11 is 0. The van der Waals surface area contributed by atoms with Crippen LogP contribution in [0, 0.1) is 0 Å². The maximum absolute atomic E-state index is 5.27. The number of furan rings is 1. The minimum atomic E-state index is 0.757. The highest BCUT2D eigenvalue weighted by Gasteiger charge is 2.03. The van der Waals surface area contributed by atoms with Gasteiger partial charge in [0.1, 0.15) is 11.6 Å². The zero-order valence-corrected chi connectivity index (χ0v) is 11.6. The number of H-pyrrole nitrogens is 1. The Labute approximate surface area is 118 Å². The van der Waals surface area contributed by atoms with E-state index >= 15 is 0 Å². The van der Waals surface area contributed by atoms with Gasteiger partial charge in [-0.1, -0.05) is 13.0 Å². The lowest BCUT2D eigenvalue weighted by molar-refractivity contribution is 0.483. The standard InChI is InChI=1S/C16H19N3O/c1-2-12-5-6-14-15(10-12)19-16(18-14)7-8-17-11-13-4-3-9-20-13/h3-6,9-10,17H,2,7-8,11H2,1H3,(H,18,19). The van der Waals surface area contributed by atoms with E-state index in [1.165, 1.54) is 5.56 Å². The van der Waals surface area contributed by atoms with E-state index in [-0.39, 0.29) is 0 Å². The van der Waals surface area contributed by atoms with Gasteiger partial charge in [-0.05, 0) is 36.2 Å². The molecule has 4 heteroatoms. The zero-order valence-electron chi connectivity index (χ0n) is 11.6. The predicted molar refractivity (Wildman–Crippen MR) is 79.6 cm³/mol. The van der Waals surface area contributed by atoms with E-state index in [2.05, 4.69) is 40.4 Å². The summed E-state index contributed by atoms with van der Waals surface area (Å²) in [4.78, 5) is 7.99. The topological polar surface area (TPSA) is 53.9 Å². The molecule has 0 saturated carbocycles. The SMILES string of the molecule is CCc1ccc2nc(CCNCc3ccco3)[nH]c2c1. The maximum Gasteiger partial charge on any atom is 0.117 e. The van der Waals surface area contributed by atoms with Crippen LogP contribution in [0.25, 0.3) is 11.0 Å². The average molecular weight is 269 g/mol. The van der Waals surface area contributed by atoms with Crippen LogP contribution in [0.4, 0.5) is 0 Å². The first-order valence-corrected chi connectivity index (χ1v) is 7.06. The second kappa shape index (κ2) is 5.92. The molecule has 0 radical (unpaired) electrons. The van der Waals surface area contributed by atoms with Crippen molar-refractivity contribution in [3.8, 4) is 0 Å². The van der Waals surface area contributed by atoms with Gasteiger partial charge >= 0.3 is 0 Å². The van der Waals surface area contributed by atoms with Crippen molar-refractivity contribution in [3.05, 3.63) is 53.7 Å². The fourth-order valence-electron chi connectivity index (χ4n) is 2.28. The molecular weight excluding hydrogens is 250 g/mol. The van der Waals surface area contributed by atoms with Gasteiger partial charge in [0.25, 0.3) is 0 Å². The second-order valence-electron chi connectivity index (χ2n) is 4.89. The van der Waals surface area contributed by atoms with Crippen molar-refractivity contribution >= 4 is 11.0 Å². The van der Waals surface area contributed by atoms with Crippen molar-refractivity contribution in [1.82, 2.24) is 15.3 Å². The van der Waals surface area contributed by atoms with Gasteiger partial charge in [-0.25, -0.2) is 4.98 Å². The third-order valence-corrected chi connectivity index (χ3v) is 3.42. The molecule has 2 aromatic heterocycles. The number of aromatic amines is 1. The molecule has 1 aromatic carbocycles. The molecule has 0 aliphatic carbocycles. The number of aryl methyl sites for hydroxylation is 1. The van der Waals surface area contributed by atoms with Crippen LogP contribution in [0.1, 0.15) is 24.1 Å². The number of hydrogen-bond acceptors (Lipinski definition) is 3. The predicted octanol–water partition coefficient (Wildman–Crippen LogP) is 3.05. The normalized spacial score (nSPS) is 11.2. The number of nitrogens with one attached hydrogen (secondary N) is 2. The Morgan fingerprint density at radius 1 is 1.30 bits per heavy atom. The summed E-state index contributed by atoms with van der Waals surface area (Å²) in [6.45, 7) is 3.80. The molecule has 0 unspecified atom stereocenters. The second-order valence-corrected chi connectivity index (χ2v) is 4.89. The molecule has 3 aromatic rings. The molecule has 2 N–H and O–H groups in total. The summed E-state index contributed by atoms with van der Waals surface area (Å²) in [5.41, 5.74) is 3.51. The smallest absolute Gasteiger partial charge is 0.117 e. The summed E-state index contributed by atoms with van der Waals surface area (Å²) < 4.78 is 5.27. The highest BCUT2D eigenvalue weighted by Crippen LogP contribution is 2.14. The van der Waals surface area contributed by atoms with Gasteiger partial charge in [-0.15, -0.1) is 0 Å². The van der Waals surface area contributed by atoms with Crippen molar-refractivity contribution in [2.24, 2.45) is 0 Å². The fraction of sp³-hybridized carbons (Fsp3) is 0.312. The van der Waals surface area contributed by atoms with Gasteiger partial charge in [0, 0.05) is 13.0 Å². The van der Waals surface area contributed by atoms with Crippen LogP contribution in [-0.2, 0) is 19.4 Å². The third kappa shape index (κ3) is 2.91. The molecule has 0 aliphatic heterocycles. The number of aromatic nitrogens is 2. The van der Waals surface area contributed by atoms with Crippen LogP contribution in [0.2, 0.25) is 0 Å². The van der Waals surface area contributed by atoms with Crippen LogP contribution >= 0.6 is 0 Å². The van der Waals surface area contributed by atoms with Crippen LogP contribution in [0.15, 0.2) is 41.0 Å². The first kappa shape index (κ1) is 12.9. The van der Waals surface area contributed by atoms with E-state index in [1.54, 1.807) is 6.26 Å². The molecule has 0 spiro atoms. The molecule has 3 rings (SSSR count). The van der Waals surface area contributed by atoms with Gasteiger partial charge < -0.3 is 14.7 Å². The van der Waals surface area contributed by atoms with E-state index in [0.29, 0.717) is 0 Å². The number of benzene rings is 1. The minimum Gasteiger partial charge on any atom is -0.468 e. The highest BCUT2D eigenvalue weighted by atomic mass is 16.3. The first-order chi connectivity index (χ1) is 9.85. The lowest BCUT2D eigenvalue weighted by Crippen LogP contribution is -2.16. The summed E-state index contributed by atoms with van der Waals surface area (Å²) in [7, 11) is 0. The van der Waals surface area contributed by atoms with Gasteiger partial charge in [0.05, 0.1) is 23.8 Å². The van der Waals surface area contributed by atoms with Crippen LogP contribution in [-0.4, -0.2) is 16.5 Å². The Balaban J connectivity index is 1.57. The van der Waals surface area contributed by atoms with Crippen molar-refractivity contribution < 1.29 is 4.42 Å². The summed E-state index contributed by atoms with van der Waals surface area (Å²) in [5, 5.41) is 3.35. The largest absolute Gasteiger partial charge is 0.468 e. The van der Waals surface area contributed by atoms with Crippen LogP contribution < -0.4 is 5.32 Å². The lowest BCUT2D eigenvalue weighted by atomic mass is 10.1. The molecule has 0 atom stereocenters. The average Bonchev–Trinajstić information content (AvgIpc) is 3.11. The third-order valence-electron chi connectivity index (χ3n) is 3.42. The first-order valence-electron chi connectivity index (χ1n) is 7.06. The van der Waals surface area contributed by atoms with Crippen LogP contribution in [0.5, 0.6) is 0 Å². The monoisotopic (exact) mass is 269 g/mol. The highest BCUT2D eigenvalue weighted by molar-refractivity contribution is 5.75. The Hall–Kier alpha value is -2.07. The lowest BCUT2D eigenvalue weighted by Gasteiger charge is -2.00. The van der Waals surface area contributed by atoms with E-state index in [1.807, 2.05) is 12.1 Å². The molecule has 0 fully saturated rings. The van der Waals surface area contributed by atoms with Crippen molar-refractivity contribution in [1.29, 1.82) is 0 Å². The molecule has 20 heavy (non-hydrogen) atoms. The van der Waals surface area contributed by atoms with Gasteiger partial charge in [-0.3, -0.25) is 0 Å². The van der Waals surface area contributed by atoms with E-state index in [0.717, 1.165) is 48.5 Å². The van der Waals surface area contributed by atoms with E-state index in [9.17, 15) is 0 Å². The van der Waals surface area contributed by atoms with Gasteiger partial charge in [0.15, 0.2) is 0 Å². The quantitative estimate of drug-likeness (QED) is 0.676. The Bertz CT molecular complexity index is 670. The van der Waals surface area contributed by atoms with Crippen molar-refractivity contribution in [2.75, 3.05) is 6.54 Å². The molecule has 2 heterocycles. The van der Waals surface area contributed by atoms with E-state index < -0.39 is 0 Å². The Kier molecular flexibility index (Phi) is 3.83. The molecule has 0 aliphatic rings. The Morgan fingerprint density at radius 2 is 2.25 bits per heavy atom. The van der Waals surface area contributed by atoms with Crippen LogP contribution in [0.3, 0.4) is 0 Å². The molecule has 104 valence electrons. The molecule has 4 nitrogen and oxygen atoms in total. The number of nitrogens with zero attached hydrogens (tertiary/aromatic N) is 1. The number of imidazole rings is 1. The van der Waals surface area contributed by atoms with E-state index in [4.69, 9.17) is 4.42 Å². The zero-order chi connectivity index (χ0) is 13.8. The number of fused-ring (bicyclic) bond motifs is 1. The summed E-state index contributed by atoms with van der Waals surface area (Å²) in [6.07, 6.45) is 3.63. The van der Waals surface area contributed by atoms with Crippen molar-refractivity contribution in [2.45, 2.75) is 26.3 Å². The van der Waals surface area contributed by atoms with Gasteiger partial charge in [0.2, 0.25) is 0 Å². The molecule has 0 saturated heterocycles. The summed E-state index contributed by atoms with van der Waals surface area (Å²) in [6, 6.07) is 10.3. The Morgan fingerprint density at radius 3 is 3.05 bits per heavy atom. The fourth-order valence-corrected chi connectivity index (χ4v) is 2.28.